The van der Waals surface area contributed by atoms with E-state index in [1.807, 2.05) is 6.92 Å². The summed E-state index contributed by atoms with van der Waals surface area (Å²) in [4.78, 5) is 55.4. The molecule has 1 saturated heterocycles. The van der Waals surface area contributed by atoms with Crippen molar-refractivity contribution in [1.29, 1.82) is 0 Å². The third kappa shape index (κ3) is 8.34. The maximum Gasteiger partial charge on any atom is 0.475 e. The van der Waals surface area contributed by atoms with Gasteiger partial charge in [-0.3, -0.25) is 14.5 Å². The highest BCUT2D eigenvalue weighted by atomic mass is 19.1. The molecule has 1 aromatic rings. The molecule has 0 aromatic heterocycles. The van der Waals surface area contributed by atoms with Crippen LogP contribution in [0, 0.1) is 11.7 Å². The van der Waals surface area contributed by atoms with Crippen LogP contribution in [-0.4, -0.2) is 87.2 Å². The molecule has 0 bridgehead atoms. The molecule has 4 N–H and O–H groups in total. The third-order valence-electron chi connectivity index (χ3n) is 7.19. The number of fused-ring (bicyclic) bond motifs is 1. The van der Waals surface area contributed by atoms with Crippen LogP contribution in [0.1, 0.15) is 71.9 Å². The molecule has 0 spiro atoms. The molecule has 0 unspecified atom stereocenters. The first kappa shape index (κ1) is 33.1. The van der Waals surface area contributed by atoms with Crippen molar-refractivity contribution in [3.05, 3.63) is 35.1 Å². The van der Waals surface area contributed by atoms with E-state index in [1.165, 1.54) is 15.9 Å². The number of halogens is 1. The molecule has 0 radical (unpaired) electrons. The number of alkyl carbamates (subject to hydrolysis) is 1. The van der Waals surface area contributed by atoms with Gasteiger partial charge in [0.15, 0.2) is 0 Å². The highest BCUT2D eigenvalue weighted by Gasteiger charge is 2.45. The van der Waals surface area contributed by atoms with E-state index in [9.17, 15) is 33.6 Å². The normalized spacial score (nSPS) is 19.7. The molecule has 2 aliphatic rings. The van der Waals surface area contributed by atoms with Crippen LogP contribution in [0.2, 0.25) is 0 Å². The van der Waals surface area contributed by atoms with E-state index >= 15 is 0 Å². The van der Waals surface area contributed by atoms with Gasteiger partial charge in [0.2, 0.25) is 11.8 Å². The highest BCUT2D eigenvalue weighted by Crippen LogP contribution is 2.28. The minimum atomic E-state index is -1.82. The zero-order valence-corrected chi connectivity index (χ0v) is 25.1. The van der Waals surface area contributed by atoms with E-state index in [-0.39, 0.29) is 38.4 Å². The molecule has 12 nitrogen and oxygen atoms in total. The molecule has 2 heterocycles. The third-order valence-corrected chi connectivity index (χ3v) is 7.19. The van der Waals surface area contributed by atoms with Crippen LogP contribution in [0.5, 0.6) is 0 Å². The van der Waals surface area contributed by atoms with Crippen LogP contribution in [0.3, 0.4) is 0 Å². The molecule has 14 heteroatoms. The lowest BCUT2D eigenvalue weighted by Gasteiger charge is -2.31. The molecule has 42 heavy (non-hydrogen) atoms. The summed E-state index contributed by atoms with van der Waals surface area (Å²) in [7, 11) is -1.82. The zero-order valence-electron chi connectivity index (χ0n) is 25.1. The number of amides is 4. The van der Waals surface area contributed by atoms with Crippen molar-refractivity contribution in [2.75, 3.05) is 6.54 Å². The fourth-order valence-electron chi connectivity index (χ4n) is 5.11. The van der Waals surface area contributed by atoms with E-state index in [1.54, 1.807) is 46.8 Å². The fraction of sp³-hybridized carbons (Fsp3) is 0.643. The number of ether oxygens (including phenoxy) is 2. The van der Waals surface area contributed by atoms with Crippen molar-refractivity contribution in [2.45, 2.75) is 104 Å². The first-order valence-corrected chi connectivity index (χ1v) is 14.3. The van der Waals surface area contributed by atoms with Crippen molar-refractivity contribution < 1.29 is 43.1 Å². The second-order valence-corrected chi connectivity index (χ2v) is 12.2. The van der Waals surface area contributed by atoms with Gasteiger partial charge in [0.05, 0.1) is 19.0 Å². The molecule has 4 atom stereocenters. The number of carbonyl (C=O) groups is 4. The Kier molecular flexibility index (Phi) is 10.8. The van der Waals surface area contributed by atoms with Crippen LogP contribution in [-0.2, 0) is 32.2 Å². The van der Waals surface area contributed by atoms with E-state index < -0.39 is 66.7 Å². The average molecular weight is 592 g/mol. The maximum atomic E-state index is 14.2. The van der Waals surface area contributed by atoms with Crippen molar-refractivity contribution in [3.63, 3.8) is 0 Å². The Morgan fingerprint density at radius 3 is 2.40 bits per heavy atom. The summed E-state index contributed by atoms with van der Waals surface area (Å²) in [5.41, 5.74) is 0.277. The second-order valence-electron chi connectivity index (χ2n) is 12.2. The predicted octanol–water partition coefficient (Wildman–Crippen LogP) is 2.09. The molecular formula is C28H42BFN4O8. The second kappa shape index (κ2) is 13.7. The fourth-order valence-corrected chi connectivity index (χ4v) is 5.11. The molecule has 2 aliphatic heterocycles. The number of carbonyl (C=O) groups excluding carboxylic acids is 4. The van der Waals surface area contributed by atoms with Crippen molar-refractivity contribution in [1.82, 2.24) is 20.4 Å². The molecule has 4 amide bonds. The minimum Gasteiger partial charge on any atom is -0.444 e. The van der Waals surface area contributed by atoms with Crippen molar-refractivity contribution in [3.8, 4) is 0 Å². The molecule has 0 saturated carbocycles. The summed E-state index contributed by atoms with van der Waals surface area (Å²) in [5, 5.41) is 24.7. The summed E-state index contributed by atoms with van der Waals surface area (Å²) in [6, 6.07) is 2.44. The van der Waals surface area contributed by atoms with Gasteiger partial charge in [0.25, 0.3) is 0 Å². The number of rotatable bonds is 9. The monoisotopic (exact) mass is 592 g/mol. The highest BCUT2D eigenvalue weighted by molar-refractivity contribution is 6.43. The average Bonchev–Trinajstić information content (AvgIpc) is 3.51. The zero-order chi connectivity index (χ0) is 31.4. The summed E-state index contributed by atoms with van der Waals surface area (Å²) >= 11 is 0. The molecule has 3 rings (SSSR count). The summed E-state index contributed by atoms with van der Waals surface area (Å²) in [6.07, 6.45) is -1.62. The lowest BCUT2D eigenvalue weighted by molar-refractivity contribution is -0.141. The van der Waals surface area contributed by atoms with Gasteiger partial charge in [0.1, 0.15) is 29.6 Å². The van der Waals surface area contributed by atoms with E-state index in [2.05, 4.69) is 10.6 Å². The van der Waals surface area contributed by atoms with Crippen LogP contribution in [0.4, 0.5) is 14.0 Å². The van der Waals surface area contributed by atoms with Crippen molar-refractivity contribution in [2.24, 2.45) is 5.92 Å². The molecular weight excluding hydrogens is 550 g/mol. The SMILES string of the molecule is CCC[C@H](NC(=O)[C@@H]1C[C@@H](OC(=O)N2Cc3cccc(F)c3C2)CN1C(=O)[C@@H](NC(=O)OC(C)(C)C)C(C)C)B(O)O. The molecule has 1 aromatic carbocycles. The van der Waals surface area contributed by atoms with Crippen molar-refractivity contribution >= 4 is 31.1 Å². The van der Waals surface area contributed by atoms with Gasteiger partial charge in [-0.2, -0.15) is 0 Å². The molecule has 0 aliphatic carbocycles. The number of hydrogen-bond acceptors (Lipinski definition) is 8. The number of nitrogens with zero attached hydrogens (tertiary/aromatic N) is 2. The van der Waals surface area contributed by atoms with Gasteiger partial charge in [0, 0.05) is 18.5 Å². The molecule has 1 fully saturated rings. The number of nitrogens with one attached hydrogen (secondary N) is 2. The first-order valence-electron chi connectivity index (χ1n) is 14.3. The first-order chi connectivity index (χ1) is 19.6. The predicted molar refractivity (Wildman–Crippen MR) is 151 cm³/mol. The largest absolute Gasteiger partial charge is 0.475 e. The van der Waals surface area contributed by atoms with Crippen LogP contribution >= 0.6 is 0 Å². The van der Waals surface area contributed by atoms with Crippen LogP contribution < -0.4 is 10.6 Å². The minimum absolute atomic E-state index is 0.0302. The van der Waals surface area contributed by atoms with Gasteiger partial charge >= 0.3 is 19.3 Å². The van der Waals surface area contributed by atoms with E-state index in [0.29, 0.717) is 17.5 Å². The topological polar surface area (TPSA) is 158 Å². The summed E-state index contributed by atoms with van der Waals surface area (Å²) < 4.78 is 25.2. The standard InChI is InChI=1S/C28H42BFN4O8/c1-7-9-22(29(39)40)31-24(35)21-12-18(41-27(38)33-13-17-10-8-11-20(30)19(17)15-33)14-34(21)25(36)23(16(2)3)32-26(37)42-28(4,5)6/h8,10-11,16,18,21-23,39-40H,7,9,12-15H2,1-6H3,(H,31,35)(H,32,37)/t18-,21+,22+,23+/m1/s1. The van der Waals surface area contributed by atoms with Gasteiger partial charge in [-0.15, -0.1) is 0 Å². The van der Waals surface area contributed by atoms with E-state index in [0.717, 1.165) is 0 Å². The van der Waals surface area contributed by atoms with Gasteiger partial charge in [-0.1, -0.05) is 39.3 Å². The Balaban J connectivity index is 1.79. The maximum absolute atomic E-state index is 14.2. The van der Waals surface area contributed by atoms with Gasteiger partial charge in [-0.05, 0) is 44.7 Å². The Labute approximate surface area is 246 Å². The summed E-state index contributed by atoms with van der Waals surface area (Å²) in [6.45, 7) is 10.4. The van der Waals surface area contributed by atoms with Gasteiger partial charge < -0.3 is 35.1 Å². The number of hydrogen-bond donors (Lipinski definition) is 4. The molecule has 232 valence electrons. The van der Waals surface area contributed by atoms with E-state index in [4.69, 9.17) is 9.47 Å². The summed E-state index contributed by atoms with van der Waals surface area (Å²) in [5.74, 6) is -3.01. The number of benzene rings is 1. The van der Waals surface area contributed by atoms with Crippen LogP contribution in [0.25, 0.3) is 0 Å². The Morgan fingerprint density at radius 2 is 1.83 bits per heavy atom. The lowest BCUT2D eigenvalue weighted by Crippen LogP contribution is -2.57. The smallest absolute Gasteiger partial charge is 0.444 e. The van der Waals surface area contributed by atoms with Gasteiger partial charge in [-0.25, -0.2) is 14.0 Å². The Hall–Kier alpha value is -3.39. The number of likely N-dealkylation sites (tertiary alicyclic amines) is 1. The lowest BCUT2D eigenvalue weighted by atomic mass is 9.76. The Morgan fingerprint density at radius 1 is 1.14 bits per heavy atom. The Bertz CT molecular complexity index is 1160. The van der Waals surface area contributed by atoms with Crippen LogP contribution in [0.15, 0.2) is 18.2 Å². The quantitative estimate of drug-likeness (QED) is 0.318.